The first-order chi connectivity index (χ1) is 8.19. The summed E-state index contributed by atoms with van der Waals surface area (Å²) in [6.07, 6.45) is 2.36. The SMILES string of the molecule is COc1cc2sc(C3CC3)nc2cc1[N+](=O)[O-]. The highest BCUT2D eigenvalue weighted by molar-refractivity contribution is 7.18. The van der Waals surface area contributed by atoms with E-state index in [-0.39, 0.29) is 5.69 Å². The molecule has 5 nitrogen and oxygen atoms in total. The number of methoxy groups -OCH3 is 1. The van der Waals surface area contributed by atoms with Crippen LogP contribution >= 0.6 is 11.3 Å². The molecule has 0 N–H and O–H groups in total. The number of hydrogen-bond donors (Lipinski definition) is 0. The number of hydrogen-bond acceptors (Lipinski definition) is 5. The molecule has 1 aromatic heterocycles. The number of thiazole rings is 1. The average molecular weight is 250 g/mol. The van der Waals surface area contributed by atoms with E-state index in [1.807, 2.05) is 0 Å². The van der Waals surface area contributed by atoms with Gasteiger partial charge in [0.25, 0.3) is 0 Å². The predicted octanol–water partition coefficient (Wildman–Crippen LogP) is 3.09. The molecule has 0 aliphatic heterocycles. The van der Waals surface area contributed by atoms with Gasteiger partial charge in [0, 0.05) is 18.1 Å². The van der Waals surface area contributed by atoms with Gasteiger partial charge in [-0.25, -0.2) is 4.98 Å². The fraction of sp³-hybridized carbons (Fsp3) is 0.364. The molecular formula is C11H10N2O3S. The van der Waals surface area contributed by atoms with Crippen molar-refractivity contribution in [2.45, 2.75) is 18.8 Å². The lowest BCUT2D eigenvalue weighted by Gasteiger charge is -2.00. The lowest BCUT2D eigenvalue weighted by atomic mass is 10.3. The number of benzene rings is 1. The standard InChI is InChI=1S/C11H10N2O3S/c1-16-9-5-10-7(4-8(9)13(14)15)12-11(17-10)6-2-3-6/h4-6H,2-3H2,1H3. The smallest absolute Gasteiger partial charge is 0.313 e. The summed E-state index contributed by atoms with van der Waals surface area (Å²) in [7, 11) is 1.44. The molecule has 0 radical (unpaired) electrons. The van der Waals surface area contributed by atoms with E-state index < -0.39 is 4.92 Å². The van der Waals surface area contributed by atoms with Crippen LogP contribution in [0.3, 0.4) is 0 Å². The monoisotopic (exact) mass is 250 g/mol. The first-order valence-electron chi connectivity index (χ1n) is 5.32. The number of ether oxygens (including phenoxy) is 1. The molecule has 1 fully saturated rings. The topological polar surface area (TPSA) is 65.3 Å². The Morgan fingerprint density at radius 3 is 2.88 bits per heavy atom. The van der Waals surface area contributed by atoms with Gasteiger partial charge in [0.1, 0.15) is 0 Å². The molecule has 1 aliphatic rings. The third-order valence-electron chi connectivity index (χ3n) is 2.83. The minimum atomic E-state index is -0.436. The van der Waals surface area contributed by atoms with Crippen molar-refractivity contribution in [1.29, 1.82) is 0 Å². The van der Waals surface area contributed by atoms with Gasteiger partial charge < -0.3 is 4.74 Å². The van der Waals surface area contributed by atoms with Crippen molar-refractivity contribution in [3.8, 4) is 5.75 Å². The fourth-order valence-corrected chi connectivity index (χ4v) is 2.92. The fourth-order valence-electron chi connectivity index (χ4n) is 1.77. The zero-order chi connectivity index (χ0) is 12.0. The van der Waals surface area contributed by atoms with Gasteiger partial charge in [-0.2, -0.15) is 0 Å². The molecule has 0 saturated heterocycles. The van der Waals surface area contributed by atoms with Crippen LogP contribution in [0.25, 0.3) is 10.2 Å². The third kappa shape index (κ3) is 1.74. The number of aromatic nitrogens is 1. The zero-order valence-electron chi connectivity index (χ0n) is 9.17. The third-order valence-corrected chi connectivity index (χ3v) is 4.01. The van der Waals surface area contributed by atoms with Crippen LogP contribution in [0.2, 0.25) is 0 Å². The second-order valence-electron chi connectivity index (χ2n) is 4.08. The number of fused-ring (bicyclic) bond motifs is 1. The van der Waals surface area contributed by atoms with Crippen molar-refractivity contribution in [2.75, 3.05) is 7.11 Å². The van der Waals surface area contributed by atoms with E-state index in [1.54, 1.807) is 17.4 Å². The number of nitrogens with zero attached hydrogens (tertiary/aromatic N) is 2. The maximum absolute atomic E-state index is 10.9. The molecule has 1 heterocycles. The van der Waals surface area contributed by atoms with Crippen molar-refractivity contribution in [2.24, 2.45) is 0 Å². The average Bonchev–Trinajstić information content (AvgIpc) is 3.07. The molecule has 1 saturated carbocycles. The lowest BCUT2D eigenvalue weighted by Crippen LogP contribution is -1.93. The van der Waals surface area contributed by atoms with E-state index in [9.17, 15) is 10.1 Å². The lowest BCUT2D eigenvalue weighted by molar-refractivity contribution is -0.385. The summed E-state index contributed by atoms with van der Waals surface area (Å²) in [4.78, 5) is 14.9. The minimum Gasteiger partial charge on any atom is -0.490 e. The number of nitro benzene ring substituents is 1. The Bertz CT molecular complexity index is 604. The van der Waals surface area contributed by atoms with E-state index in [4.69, 9.17) is 4.74 Å². The highest BCUT2D eigenvalue weighted by atomic mass is 32.1. The Balaban J connectivity index is 2.18. The molecule has 1 aliphatic carbocycles. The first kappa shape index (κ1) is 10.5. The van der Waals surface area contributed by atoms with Crippen LogP contribution in [-0.2, 0) is 0 Å². The normalized spacial score (nSPS) is 15.1. The molecule has 2 aromatic rings. The largest absolute Gasteiger partial charge is 0.490 e. The van der Waals surface area contributed by atoms with Crippen LogP contribution in [0.1, 0.15) is 23.8 Å². The summed E-state index contributed by atoms with van der Waals surface area (Å²) in [6.45, 7) is 0. The summed E-state index contributed by atoms with van der Waals surface area (Å²) < 4.78 is 5.99. The Morgan fingerprint density at radius 2 is 2.29 bits per heavy atom. The van der Waals surface area contributed by atoms with E-state index in [1.165, 1.54) is 26.0 Å². The van der Waals surface area contributed by atoms with E-state index in [2.05, 4.69) is 4.98 Å². The van der Waals surface area contributed by atoms with Crippen LogP contribution in [-0.4, -0.2) is 17.0 Å². The van der Waals surface area contributed by atoms with E-state index in [0.717, 1.165) is 9.71 Å². The molecule has 0 atom stereocenters. The summed E-state index contributed by atoms with van der Waals surface area (Å²) in [6, 6.07) is 3.20. The summed E-state index contributed by atoms with van der Waals surface area (Å²) in [5.74, 6) is 0.867. The second kappa shape index (κ2) is 3.66. The van der Waals surface area contributed by atoms with Crippen molar-refractivity contribution in [3.63, 3.8) is 0 Å². The number of nitro groups is 1. The summed E-state index contributed by atoms with van der Waals surface area (Å²) >= 11 is 1.60. The molecule has 17 heavy (non-hydrogen) atoms. The molecule has 88 valence electrons. The molecule has 1 aromatic carbocycles. The van der Waals surface area contributed by atoms with Crippen molar-refractivity contribution in [3.05, 3.63) is 27.3 Å². The van der Waals surface area contributed by atoms with Gasteiger partial charge in [-0.05, 0) is 12.8 Å². The molecular weight excluding hydrogens is 240 g/mol. The summed E-state index contributed by atoms with van der Waals surface area (Å²) in [5, 5.41) is 12.0. The van der Waals surface area contributed by atoms with Crippen molar-refractivity contribution < 1.29 is 9.66 Å². The van der Waals surface area contributed by atoms with Crippen LogP contribution in [0.4, 0.5) is 5.69 Å². The van der Waals surface area contributed by atoms with Crippen LogP contribution < -0.4 is 4.74 Å². The molecule has 3 rings (SSSR count). The maximum atomic E-state index is 10.9. The van der Waals surface area contributed by atoms with E-state index in [0.29, 0.717) is 17.2 Å². The maximum Gasteiger partial charge on any atom is 0.313 e. The predicted molar refractivity (Wildman–Crippen MR) is 64.8 cm³/mol. The molecule has 6 heteroatoms. The Morgan fingerprint density at radius 1 is 1.53 bits per heavy atom. The van der Waals surface area contributed by atoms with Gasteiger partial charge in [0.05, 0.1) is 27.3 Å². The second-order valence-corrected chi connectivity index (χ2v) is 5.14. The van der Waals surface area contributed by atoms with Gasteiger partial charge in [-0.1, -0.05) is 0 Å². The quantitative estimate of drug-likeness (QED) is 0.620. The van der Waals surface area contributed by atoms with E-state index >= 15 is 0 Å². The first-order valence-corrected chi connectivity index (χ1v) is 6.13. The highest BCUT2D eigenvalue weighted by Crippen LogP contribution is 2.44. The van der Waals surface area contributed by atoms with Crippen molar-refractivity contribution >= 4 is 27.2 Å². The van der Waals surface area contributed by atoms with Gasteiger partial charge in [-0.3, -0.25) is 10.1 Å². The van der Waals surface area contributed by atoms with Crippen LogP contribution in [0.5, 0.6) is 5.75 Å². The zero-order valence-corrected chi connectivity index (χ0v) is 9.99. The van der Waals surface area contributed by atoms with Gasteiger partial charge >= 0.3 is 5.69 Å². The Kier molecular flexibility index (Phi) is 2.25. The van der Waals surface area contributed by atoms with Gasteiger partial charge in [0.2, 0.25) is 0 Å². The number of rotatable bonds is 3. The van der Waals surface area contributed by atoms with Gasteiger partial charge in [-0.15, -0.1) is 11.3 Å². The molecule has 0 bridgehead atoms. The summed E-state index contributed by atoms with van der Waals surface area (Å²) in [5.41, 5.74) is 0.678. The highest BCUT2D eigenvalue weighted by Gasteiger charge is 2.28. The minimum absolute atomic E-state index is 0.0207. The molecule has 0 unspecified atom stereocenters. The van der Waals surface area contributed by atoms with Gasteiger partial charge in [0.15, 0.2) is 5.75 Å². The van der Waals surface area contributed by atoms with Crippen molar-refractivity contribution in [1.82, 2.24) is 4.98 Å². The van der Waals surface area contributed by atoms with Crippen LogP contribution in [0, 0.1) is 10.1 Å². The van der Waals surface area contributed by atoms with Crippen LogP contribution in [0.15, 0.2) is 12.1 Å². The Labute approximate surface area is 101 Å². The molecule has 0 spiro atoms. The Hall–Kier alpha value is -1.69. The molecule has 0 amide bonds.